The van der Waals surface area contributed by atoms with Crippen LogP contribution in [0.4, 0.5) is 0 Å². The minimum Gasteiger partial charge on any atom is -0.173 e. The lowest BCUT2D eigenvalue weighted by atomic mass is 10.8. The summed E-state index contributed by atoms with van der Waals surface area (Å²) in [7, 11) is 0.254. The van der Waals surface area contributed by atoms with Gasteiger partial charge in [0.15, 0.2) is 0 Å². The monoisotopic (exact) mass is 102 g/mol. The summed E-state index contributed by atoms with van der Waals surface area (Å²) < 4.78 is 0. The first-order chi connectivity index (χ1) is 2.77. The summed E-state index contributed by atoms with van der Waals surface area (Å²) in [6.45, 7) is 2.01. The van der Waals surface area contributed by atoms with Gasteiger partial charge >= 0.3 is 0 Å². The van der Waals surface area contributed by atoms with Crippen molar-refractivity contribution in [3.63, 3.8) is 0 Å². The lowest BCUT2D eigenvalue weighted by Gasteiger charge is -1.79. The van der Waals surface area contributed by atoms with Gasteiger partial charge in [-0.15, -0.1) is 0 Å². The predicted octanol–water partition coefficient (Wildman–Crippen LogP) is 1.85. The molecule has 36 valence electrons. The summed E-state index contributed by atoms with van der Waals surface area (Å²) in [5, 5.41) is 2.08. The Morgan fingerprint density at radius 1 is 1.67 bits per heavy atom. The topological polar surface area (TPSA) is 0 Å². The second-order valence-electron chi connectivity index (χ2n) is 1.16. The minimum absolute atomic E-state index is 0.254. The van der Waals surface area contributed by atoms with E-state index in [1.165, 1.54) is 0 Å². The molecule has 0 aliphatic rings. The summed E-state index contributed by atoms with van der Waals surface area (Å²) in [6.07, 6.45) is 4.11. The summed E-state index contributed by atoms with van der Waals surface area (Å²) in [5.41, 5.74) is 0. The lowest BCUT2D eigenvalue weighted by molar-refractivity contribution is 1.79. The molecule has 1 heteroatoms. The van der Waals surface area contributed by atoms with Crippen molar-refractivity contribution < 1.29 is 0 Å². The van der Waals surface area contributed by atoms with E-state index in [-0.39, 0.29) is 10.5 Å². The van der Waals surface area contributed by atoms with Crippen molar-refractivity contribution in [3.8, 4) is 0 Å². The third-order valence-electron chi connectivity index (χ3n) is 0.368. The Labute approximate surface area is 41.8 Å². The van der Waals surface area contributed by atoms with Gasteiger partial charge in [0.05, 0.1) is 0 Å². The van der Waals surface area contributed by atoms with Crippen LogP contribution in [0, 0.1) is 0 Å². The average molecular weight is 102 g/mol. The standard InChI is InChI=1S/C5H10S/c1-4-5-6(2)3/h4-5H,2H2,1,3H3/b5-4-. The van der Waals surface area contributed by atoms with Crippen LogP contribution in [-0.4, -0.2) is 12.1 Å². The predicted molar refractivity (Wildman–Crippen MR) is 35.4 cm³/mol. The van der Waals surface area contributed by atoms with Crippen LogP contribution in [0.1, 0.15) is 6.92 Å². The molecular formula is C5H10S. The molecule has 0 amide bonds. The first-order valence-corrected chi connectivity index (χ1v) is 3.71. The highest BCUT2D eigenvalue weighted by atomic mass is 32.2. The zero-order chi connectivity index (χ0) is 4.99. The molecule has 0 radical (unpaired) electrons. The lowest BCUT2D eigenvalue weighted by Crippen LogP contribution is -1.46. The van der Waals surface area contributed by atoms with Crippen molar-refractivity contribution in [2.45, 2.75) is 6.92 Å². The van der Waals surface area contributed by atoms with Crippen LogP contribution < -0.4 is 0 Å². The van der Waals surface area contributed by atoms with Crippen LogP contribution in [0.25, 0.3) is 0 Å². The number of hydrogen-bond donors (Lipinski definition) is 0. The summed E-state index contributed by atoms with van der Waals surface area (Å²) in [4.78, 5) is 0. The normalized spacial score (nSPS) is 15.7. The second kappa shape index (κ2) is 3.16. The van der Waals surface area contributed by atoms with Gasteiger partial charge in [-0.2, -0.15) is 10.5 Å². The molecule has 0 bridgehead atoms. The minimum atomic E-state index is 0.254. The van der Waals surface area contributed by atoms with E-state index in [1.54, 1.807) is 0 Å². The SMILES string of the molecule is C=S(C)/C=C\C. The van der Waals surface area contributed by atoms with Gasteiger partial charge in [-0.25, -0.2) is 0 Å². The molecule has 0 nitrogen and oxygen atoms in total. The fraction of sp³-hybridized carbons (Fsp3) is 0.400. The molecule has 0 saturated heterocycles. The zero-order valence-corrected chi connectivity index (χ0v) is 5.09. The molecule has 0 aromatic heterocycles. The number of allylic oxidation sites excluding steroid dienone is 1. The summed E-state index contributed by atoms with van der Waals surface area (Å²) in [5.74, 6) is 3.77. The van der Waals surface area contributed by atoms with Gasteiger partial charge in [0.25, 0.3) is 0 Å². The van der Waals surface area contributed by atoms with Crippen LogP contribution in [-0.2, 0) is 0 Å². The first kappa shape index (κ1) is 5.96. The highest BCUT2D eigenvalue weighted by Crippen LogP contribution is 2.00. The molecule has 1 unspecified atom stereocenters. The maximum atomic E-state index is 3.77. The summed E-state index contributed by atoms with van der Waals surface area (Å²) in [6, 6.07) is 0. The quantitative estimate of drug-likeness (QED) is 0.443. The molecule has 0 N–H and O–H groups in total. The maximum absolute atomic E-state index is 3.77. The smallest absolute Gasteiger partial charge is 0.0201 e. The molecule has 0 rings (SSSR count). The van der Waals surface area contributed by atoms with E-state index in [4.69, 9.17) is 0 Å². The van der Waals surface area contributed by atoms with Gasteiger partial charge in [0.2, 0.25) is 0 Å². The van der Waals surface area contributed by atoms with Crippen LogP contribution in [0.2, 0.25) is 0 Å². The molecule has 0 aliphatic carbocycles. The first-order valence-electron chi connectivity index (χ1n) is 1.84. The Kier molecular flexibility index (Phi) is 3.14. The Morgan fingerprint density at radius 3 is 2.17 bits per heavy atom. The van der Waals surface area contributed by atoms with Crippen LogP contribution in [0.3, 0.4) is 0 Å². The third-order valence-corrected chi connectivity index (χ3v) is 1.11. The van der Waals surface area contributed by atoms with E-state index in [0.717, 1.165) is 0 Å². The molecule has 0 fully saturated rings. The van der Waals surface area contributed by atoms with Crippen molar-refractivity contribution in [3.05, 3.63) is 11.5 Å². The Balaban J connectivity index is 3.30. The Bertz CT molecular complexity index is 72.0. The molecular weight excluding hydrogens is 92.1 g/mol. The molecule has 0 heterocycles. The molecule has 0 spiro atoms. The fourth-order valence-corrected chi connectivity index (χ4v) is 0.697. The van der Waals surface area contributed by atoms with Crippen molar-refractivity contribution >= 4 is 16.4 Å². The van der Waals surface area contributed by atoms with Crippen molar-refractivity contribution in [2.24, 2.45) is 0 Å². The largest absolute Gasteiger partial charge is 0.173 e. The van der Waals surface area contributed by atoms with E-state index >= 15 is 0 Å². The zero-order valence-electron chi connectivity index (χ0n) is 4.27. The van der Waals surface area contributed by atoms with Gasteiger partial charge in [-0.3, -0.25) is 0 Å². The van der Waals surface area contributed by atoms with E-state index in [0.29, 0.717) is 0 Å². The highest BCUT2D eigenvalue weighted by Gasteiger charge is 1.60. The molecule has 0 saturated carbocycles. The third kappa shape index (κ3) is 3.96. The Hall–Kier alpha value is -0.0400. The van der Waals surface area contributed by atoms with Crippen molar-refractivity contribution in [2.75, 3.05) is 6.26 Å². The molecule has 0 aromatic carbocycles. The van der Waals surface area contributed by atoms with Gasteiger partial charge in [-0.05, 0) is 18.6 Å². The van der Waals surface area contributed by atoms with Crippen LogP contribution in [0.15, 0.2) is 11.5 Å². The molecule has 1 atom stereocenters. The highest BCUT2D eigenvalue weighted by molar-refractivity contribution is 8.16. The van der Waals surface area contributed by atoms with Crippen molar-refractivity contribution in [1.29, 1.82) is 0 Å². The Morgan fingerprint density at radius 2 is 2.17 bits per heavy atom. The van der Waals surface area contributed by atoms with Gasteiger partial charge in [0.1, 0.15) is 0 Å². The molecule has 6 heavy (non-hydrogen) atoms. The van der Waals surface area contributed by atoms with E-state index < -0.39 is 0 Å². The number of hydrogen-bond acceptors (Lipinski definition) is 0. The second-order valence-corrected chi connectivity index (χ2v) is 2.81. The van der Waals surface area contributed by atoms with Crippen LogP contribution in [0.5, 0.6) is 0 Å². The van der Waals surface area contributed by atoms with E-state index in [9.17, 15) is 0 Å². The van der Waals surface area contributed by atoms with Gasteiger partial charge in [0, 0.05) is 0 Å². The number of rotatable bonds is 1. The van der Waals surface area contributed by atoms with E-state index in [1.807, 2.05) is 13.0 Å². The molecule has 0 aromatic rings. The average Bonchev–Trinajstić information content (AvgIpc) is 1.35. The van der Waals surface area contributed by atoms with Gasteiger partial charge < -0.3 is 0 Å². The summed E-state index contributed by atoms with van der Waals surface area (Å²) >= 11 is 0. The van der Waals surface area contributed by atoms with E-state index in [2.05, 4.69) is 17.5 Å². The molecule has 0 aliphatic heterocycles. The fourth-order valence-electron chi connectivity index (χ4n) is 0.232. The van der Waals surface area contributed by atoms with Gasteiger partial charge in [-0.1, -0.05) is 11.9 Å². The van der Waals surface area contributed by atoms with Crippen molar-refractivity contribution in [1.82, 2.24) is 0 Å². The maximum Gasteiger partial charge on any atom is -0.0201 e. The van der Waals surface area contributed by atoms with Crippen LogP contribution >= 0.6 is 10.5 Å².